The van der Waals surface area contributed by atoms with Gasteiger partial charge in [0.1, 0.15) is 5.82 Å². The summed E-state index contributed by atoms with van der Waals surface area (Å²) in [6.07, 6.45) is 3.48. The molecular weight excluding hydrogens is 215 g/mol. The third-order valence-electron chi connectivity index (χ3n) is 2.73. The van der Waals surface area contributed by atoms with Crippen molar-refractivity contribution in [1.29, 1.82) is 0 Å². The summed E-state index contributed by atoms with van der Waals surface area (Å²) < 4.78 is 13.4. The molecule has 17 heavy (non-hydrogen) atoms. The average molecular weight is 230 g/mol. The van der Waals surface area contributed by atoms with Crippen LogP contribution in [-0.4, -0.2) is 12.0 Å². The first-order valence-electron chi connectivity index (χ1n) is 5.55. The van der Waals surface area contributed by atoms with Gasteiger partial charge in [-0.2, -0.15) is 0 Å². The Kier molecular flexibility index (Phi) is 3.49. The molecule has 1 aromatic carbocycles. The van der Waals surface area contributed by atoms with E-state index in [0.29, 0.717) is 0 Å². The fraction of sp³-hybridized carbons (Fsp3) is 0.214. The third-order valence-corrected chi connectivity index (χ3v) is 2.73. The van der Waals surface area contributed by atoms with E-state index in [1.165, 1.54) is 6.07 Å². The van der Waals surface area contributed by atoms with Crippen molar-refractivity contribution in [3.63, 3.8) is 0 Å². The van der Waals surface area contributed by atoms with Crippen LogP contribution in [0.5, 0.6) is 0 Å². The number of rotatable bonds is 3. The highest BCUT2D eigenvalue weighted by Gasteiger charge is 2.12. The summed E-state index contributed by atoms with van der Waals surface area (Å²) >= 11 is 0. The second-order valence-electron chi connectivity index (χ2n) is 4.06. The normalized spacial score (nSPS) is 12.4. The van der Waals surface area contributed by atoms with Gasteiger partial charge in [0, 0.05) is 12.4 Å². The number of aromatic nitrogens is 1. The lowest BCUT2D eigenvalue weighted by molar-refractivity contribution is 0.615. The molecule has 0 fully saturated rings. The van der Waals surface area contributed by atoms with E-state index >= 15 is 0 Å². The molecule has 0 saturated heterocycles. The third kappa shape index (κ3) is 2.68. The average Bonchev–Trinajstić information content (AvgIpc) is 2.30. The van der Waals surface area contributed by atoms with Crippen LogP contribution in [0.2, 0.25) is 0 Å². The number of benzene rings is 1. The maximum Gasteiger partial charge on any atom is 0.123 e. The Morgan fingerprint density at radius 1 is 1.12 bits per heavy atom. The summed E-state index contributed by atoms with van der Waals surface area (Å²) in [6.45, 7) is 1.89. The van der Waals surface area contributed by atoms with Crippen LogP contribution >= 0.6 is 0 Å². The molecule has 1 aromatic heterocycles. The SMILES string of the molecule is CNC(c1ccncc1)c1cc(C)cc(F)c1. The summed E-state index contributed by atoms with van der Waals surface area (Å²) in [5, 5.41) is 3.19. The minimum Gasteiger partial charge on any atom is -0.309 e. The van der Waals surface area contributed by atoms with Gasteiger partial charge in [-0.15, -0.1) is 0 Å². The van der Waals surface area contributed by atoms with Gasteiger partial charge in [0.15, 0.2) is 0 Å². The van der Waals surface area contributed by atoms with Gasteiger partial charge in [-0.25, -0.2) is 4.39 Å². The maximum atomic E-state index is 13.4. The number of nitrogens with zero attached hydrogens (tertiary/aromatic N) is 1. The number of aryl methyl sites for hydroxylation is 1. The summed E-state index contributed by atoms with van der Waals surface area (Å²) in [7, 11) is 1.87. The van der Waals surface area contributed by atoms with E-state index < -0.39 is 0 Å². The lowest BCUT2D eigenvalue weighted by Crippen LogP contribution is -2.18. The van der Waals surface area contributed by atoms with E-state index in [2.05, 4.69) is 10.3 Å². The Morgan fingerprint density at radius 2 is 1.82 bits per heavy atom. The second-order valence-corrected chi connectivity index (χ2v) is 4.06. The molecule has 0 amide bonds. The summed E-state index contributed by atoms with van der Waals surface area (Å²) in [4.78, 5) is 3.99. The Labute approximate surface area is 101 Å². The van der Waals surface area contributed by atoms with Crippen LogP contribution in [0.15, 0.2) is 42.7 Å². The minimum absolute atomic E-state index is 0.00704. The van der Waals surface area contributed by atoms with E-state index in [1.807, 2.05) is 32.2 Å². The quantitative estimate of drug-likeness (QED) is 0.877. The molecule has 0 aliphatic carbocycles. The molecule has 0 saturated carbocycles. The van der Waals surface area contributed by atoms with Crippen molar-refractivity contribution in [2.45, 2.75) is 13.0 Å². The molecular formula is C14H15FN2. The fourth-order valence-corrected chi connectivity index (χ4v) is 2.01. The predicted molar refractivity (Wildman–Crippen MR) is 66.3 cm³/mol. The Hall–Kier alpha value is -1.74. The minimum atomic E-state index is -0.200. The summed E-state index contributed by atoms with van der Waals surface area (Å²) in [5.41, 5.74) is 2.93. The highest BCUT2D eigenvalue weighted by Crippen LogP contribution is 2.22. The number of halogens is 1. The van der Waals surface area contributed by atoms with Crippen LogP contribution in [0.25, 0.3) is 0 Å². The highest BCUT2D eigenvalue weighted by atomic mass is 19.1. The number of hydrogen-bond donors (Lipinski definition) is 1. The predicted octanol–water partition coefficient (Wildman–Crippen LogP) is 2.84. The van der Waals surface area contributed by atoms with Crippen molar-refractivity contribution in [2.24, 2.45) is 0 Å². The van der Waals surface area contributed by atoms with Crippen LogP contribution < -0.4 is 5.32 Å². The van der Waals surface area contributed by atoms with Gasteiger partial charge in [-0.05, 0) is 54.9 Å². The van der Waals surface area contributed by atoms with Crippen molar-refractivity contribution < 1.29 is 4.39 Å². The molecule has 1 heterocycles. The zero-order chi connectivity index (χ0) is 12.3. The number of pyridine rings is 1. The van der Waals surface area contributed by atoms with Gasteiger partial charge in [-0.1, -0.05) is 6.07 Å². The van der Waals surface area contributed by atoms with Crippen molar-refractivity contribution in [3.05, 3.63) is 65.2 Å². The molecule has 0 aliphatic rings. The smallest absolute Gasteiger partial charge is 0.123 e. The monoisotopic (exact) mass is 230 g/mol. The second kappa shape index (κ2) is 5.06. The highest BCUT2D eigenvalue weighted by molar-refractivity contribution is 5.33. The van der Waals surface area contributed by atoms with Crippen molar-refractivity contribution in [1.82, 2.24) is 10.3 Å². The largest absolute Gasteiger partial charge is 0.309 e. The molecule has 0 bridgehead atoms. The molecule has 3 heteroatoms. The van der Waals surface area contributed by atoms with Gasteiger partial charge >= 0.3 is 0 Å². The Bertz CT molecular complexity index is 477. The molecule has 0 aliphatic heterocycles. The van der Waals surface area contributed by atoms with Gasteiger partial charge in [0.2, 0.25) is 0 Å². The van der Waals surface area contributed by atoms with Crippen molar-refractivity contribution in [2.75, 3.05) is 7.05 Å². The summed E-state index contributed by atoms with van der Waals surface area (Å²) in [6, 6.07) is 8.94. The van der Waals surface area contributed by atoms with E-state index in [0.717, 1.165) is 16.7 Å². The number of hydrogen-bond acceptors (Lipinski definition) is 2. The van der Waals surface area contributed by atoms with Crippen LogP contribution in [-0.2, 0) is 0 Å². The molecule has 0 radical (unpaired) electrons. The Morgan fingerprint density at radius 3 is 2.41 bits per heavy atom. The van der Waals surface area contributed by atoms with Crippen LogP contribution in [0.1, 0.15) is 22.7 Å². The molecule has 2 aromatic rings. The molecule has 88 valence electrons. The van der Waals surface area contributed by atoms with E-state index in [9.17, 15) is 4.39 Å². The first-order chi connectivity index (χ1) is 8.20. The van der Waals surface area contributed by atoms with E-state index in [4.69, 9.17) is 0 Å². The van der Waals surface area contributed by atoms with Crippen molar-refractivity contribution in [3.8, 4) is 0 Å². The summed E-state index contributed by atoms with van der Waals surface area (Å²) in [5.74, 6) is -0.200. The molecule has 1 N–H and O–H groups in total. The number of nitrogens with one attached hydrogen (secondary N) is 1. The van der Waals surface area contributed by atoms with E-state index in [-0.39, 0.29) is 11.9 Å². The van der Waals surface area contributed by atoms with Gasteiger partial charge in [0.25, 0.3) is 0 Å². The standard InChI is InChI=1S/C14H15FN2/c1-10-7-12(9-13(15)8-10)14(16-2)11-3-5-17-6-4-11/h3-9,14,16H,1-2H3. The first kappa shape index (κ1) is 11.7. The van der Waals surface area contributed by atoms with Crippen LogP contribution in [0.3, 0.4) is 0 Å². The van der Waals surface area contributed by atoms with Gasteiger partial charge in [0.05, 0.1) is 6.04 Å². The van der Waals surface area contributed by atoms with Crippen LogP contribution in [0, 0.1) is 12.7 Å². The van der Waals surface area contributed by atoms with Gasteiger partial charge in [-0.3, -0.25) is 4.98 Å². The topological polar surface area (TPSA) is 24.9 Å². The zero-order valence-electron chi connectivity index (χ0n) is 9.94. The molecule has 1 unspecified atom stereocenters. The lowest BCUT2D eigenvalue weighted by atomic mass is 9.98. The van der Waals surface area contributed by atoms with Crippen LogP contribution in [0.4, 0.5) is 4.39 Å². The molecule has 2 nitrogen and oxygen atoms in total. The first-order valence-corrected chi connectivity index (χ1v) is 5.55. The molecule has 0 spiro atoms. The Balaban J connectivity index is 2.42. The molecule has 1 atom stereocenters. The maximum absolute atomic E-state index is 13.4. The fourth-order valence-electron chi connectivity index (χ4n) is 2.01. The lowest BCUT2D eigenvalue weighted by Gasteiger charge is -2.17. The van der Waals surface area contributed by atoms with Crippen molar-refractivity contribution >= 4 is 0 Å². The zero-order valence-corrected chi connectivity index (χ0v) is 9.94. The van der Waals surface area contributed by atoms with Gasteiger partial charge < -0.3 is 5.32 Å². The molecule has 2 rings (SSSR count). The van der Waals surface area contributed by atoms with E-state index in [1.54, 1.807) is 18.5 Å².